The summed E-state index contributed by atoms with van der Waals surface area (Å²) in [6, 6.07) is 8.60. The Balaban J connectivity index is 1.45. The Kier molecular flexibility index (Phi) is 6.00. The predicted molar refractivity (Wildman–Crippen MR) is 128 cm³/mol. The van der Waals surface area contributed by atoms with Crippen molar-refractivity contribution in [2.45, 2.75) is 43.9 Å². The second-order valence-electron chi connectivity index (χ2n) is 8.51. The minimum atomic E-state index is -0.558. The fourth-order valence-electron chi connectivity index (χ4n) is 5.01. The van der Waals surface area contributed by atoms with Crippen LogP contribution >= 0.6 is 11.6 Å². The largest absolute Gasteiger partial charge is 0.493 e. The second kappa shape index (κ2) is 9.10. The lowest BCUT2D eigenvalue weighted by atomic mass is 9.99. The molecule has 2 aromatic carbocycles. The molecule has 9 heteroatoms. The number of anilines is 2. The third-order valence-corrected chi connectivity index (χ3v) is 6.83. The summed E-state index contributed by atoms with van der Waals surface area (Å²) in [5.41, 5.74) is 0.831. The van der Waals surface area contributed by atoms with Gasteiger partial charge in [0.1, 0.15) is 18.2 Å². The zero-order valence-electron chi connectivity index (χ0n) is 18.6. The lowest BCUT2D eigenvalue weighted by molar-refractivity contribution is -0.131. The summed E-state index contributed by atoms with van der Waals surface area (Å²) in [5.74, 6) is 0.938. The average molecular weight is 483 g/mol. The molecule has 2 aliphatic rings. The first-order valence-corrected chi connectivity index (χ1v) is 11.5. The molecule has 7 nitrogen and oxygen atoms in total. The maximum Gasteiger partial charge on any atom is 0.246 e. The SMILES string of the molecule is C=CC(=O)N1[C@@H]2CC[C@H]1CC(Oc1cc3c(Nc4cccc(Cl)c4F)ncnc3cc1OC)C2. The summed E-state index contributed by atoms with van der Waals surface area (Å²) in [7, 11) is 1.57. The third kappa shape index (κ3) is 4.03. The Labute approximate surface area is 201 Å². The van der Waals surface area contributed by atoms with Crippen molar-refractivity contribution in [3.8, 4) is 11.5 Å². The van der Waals surface area contributed by atoms with Crippen LogP contribution in [0.15, 0.2) is 49.3 Å². The van der Waals surface area contributed by atoms with Crippen molar-refractivity contribution >= 4 is 39.9 Å². The van der Waals surface area contributed by atoms with Gasteiger partial charge in [0.2, 0.25) is 5.91 Å². The number of fused-ring (bicyclic) bond motifs is 3. The topological polar surface area (TPSA) is 76.6 Å². The molecule has 0 spiro atoms. The van der Waals surface area contributed by atoms with E-state index in [1.165, 1.54) is 18.5 Å². The number of rotatable bonds is 6. The van der Waals surface area contributed by atoms with Crippen LogP contribution in [0.25, 0.3) is 10.9 Å². The van der Waals surface area contributed by atoms with E-state index in [0.29, 0.717) is 28.2 Å². The highest BCUT2D eigenvalue weighted by Gasteiger charge is 2.43. The number of aromatic nitrogens is 2. The van der Waals surface area contributed by atoms with Gasteiger partial charge in [-0.05, 0) is 37.1 Å². The Morgan fingerprint density at radius 3 is 2.71 bits per heavy atom. The highest BCUT2D eigenvalue weighted by atomic mass is 35.5. The number of hydrogen-bond donors (Lipinski definition) is 1. The molecular formula is C25H24ClFN4O3. The van der Waals surface area contributed by atoms with Crippen molar-refractivity contribution < 1.29 is 18.7 Å². The second-order valence-corrected chi connectivity index (χ2v) is 8.92. The van der Waals surface area contributed by atoms with Crippen LogP contribution in [0, 0.1) is 5.82 Å². The Hall–Kier alpha value is -3.39. The zero-order chi connectivity index (χ0) is 23.8. The van der Waals surface area contributed by atoms with Crippen LogP contribution < -0.4 is 14.8 Å². The van der Waals surface area contributed by atoms with Crippen LogP contribution in [-0.4, -0.2) is 46.1 Å². The fourth-order valence-corrected chi connectivity index (χ4v) is 5.19. The predicted octanol–water partition coefficient (Wildman–Crippen LogP) is 5.26. The van der Waals surface area contributed by atoms with Crippen molar-refractivity contribution in [3.05, 3.63) is 60.2 Å². The van der Waals surface area contributed by atoms with Crippen molar-refractivity contribution in [3.63, 3.8) is 0 Å². The van der Waals surface area contributed by atoms with Gasteiger partial charge in [0.15, 0.2) is 17.3 Å². The summed E-state index contributed by atoms with van der Waals surface area (Å²) in [4.78, 5) is 22.8. The quantitative estimate of drug-likeness (QED) is 0.483. The van der Waals surface area contributed by atoms with Gasteiger partial charge in [-0.3, -0.25) is 4.79 Å². The van der Waals surface area contributed by atoms with E-state index in [2.05, 4.69) is 21.9 Å². The smallest absolute Gasteiger partial charge is 0.246 e. The van der Waals surface area contributed by atoms with Crippen LogP contribution in [0.3, 0.4) is 0 Å². The number of methoxy groups -OCH3 is 1. The number of nitrogens with zero attached hydrogens (tertiary/aromatic N) is 3. The minimum absolute atomic E-state index is 0.0182. The van der Waals surface area contributed by atoms with E-state index < -0.39 is 5.82 Å². The summed E-state index contributed by atoms with van der Waals surface area (Å²) >= 11 is 5.92. The van der Waals surface area contributed by atoms with E-state index in [9.17, 15) is 9.18 Å². The molecule has 2 bridgehead atoms. The molecule has 34 heavy (non-hydrogen) atoms. The van der Waals surface area contributed by atoms with Crippen LogP contribution in [0.2, 0.25) is 5.02 Å². The molecule has 2 aliphatic heterocycles. The number of carbonyl (C=O) groups excluding carboxylic acids is 1. The van der Waals surface area contributed by atoms with E-state index in [4.69, 9.17) is 21.1 Å². The van der Waals surface area contributed by atoms with Crippen molar-refractivity contribution in [2.75, 3.05) is 12.4 Å². The molecule has 0 saturated carbocycles. The lowest BCUT2D eigenvalue weighted by Gasteiger charge is -2.38. The van der Waals surface area contributed by atoms with Gasteiger partial charge in [-0.1, -0.05) is 24.2 Å². The van der Waals surface area contributed by atoms with Gasteiger partial charge < -0.3 is 19.7 Å². The lowest BCUT2D eigenvalue weighted by Crippen LogP contribution is -2.48. The number of nitrogens with one attached hydrogen (secondary N) is 1. The number of carbonyl (C=O) groups is 1. The van der Waals surface area contributed by atoms with Crippen LogP contribution in [0.5, 0.6) is 11.5 Å². The number of amides is 1. The highest BCUT2D eigenvalue weighted by molar-refractivity contribution is 6.31. The number of benzene rings is 2. The molecule has 2 saturated heterocycles. The molecule has 2 fully saturated rings. The molecule has 1 N–H and O–H groups in total. The summed E-state index contributed by atoms with van der Waals surface area (Å²) in [6.45, 7) is 3.63. The van der Waals surface area contributed by atoms with E-state index in [1.54, 1.807) is 25.3 Å². The fraction of sp³-hybridized carbons (Fsp3) is 0.320. The summed E-state index contributed by atoms with van der Waals surface area (Å²) in [5, 5.41) is 3.68. The van der Waals surface area contributed by atoms with Gasteiger partial charge >= 0.3 is 0 Å². The van der Waals surface area contributed by atoms with Crippen LogP contribution in [0.1, 0.15) is 25.7 Å². The molecule has 3 aromatic rings. The molecule has 1 aromatic heterocycles. The van der Waals surface area contributed by atoms with Gasteiger partial charge in [-0.2, -0.15) is 0 Å². The minimum Gasteiger partial charge on any atom is -0.493 e. The molecule has 3 heterocycles. The first-order chi connectivity index (χ1) is 16.5. The van der Waals surface area contributed by atoms with E-state index in [0.717, 1.165) is 25.7 Å². The van der Waals surface area contributed by atoms with Gasteiger partial charge in [0.05, 0.1) is 23.3 Å². The zero-order valence-corrected chi connectivity index (χ0v) is 19.4. The van der Waals surface area contributed by atoms with E-state index in [-0.39, 0.29) is 34.8 Å². The standard InChI is InChI=1S/C25H24ClFN4O3/c1-3-23(32)31-14-7-8-15(31)10-16(9-14)34-22-11-17-20(12-21(22)33-2)28-13-29-25(17)30-19-6-4-5-18(26)24(19)27/h3-6,11-16H,1,7-10H2,2H3,(H,28,29,30)/t14-,15+,16?. The van der Waals surface area contributed by atoms with Crippen LogP contribution in [-0.2, 0) is 4.79 Å². The average Bonchev–Trinajstić information content (AvgIpc) is 3.11. The molecule has 5 rings (SSSR count). The molecule has 1 amide bonds. The van der Waals surface area contributed by atoms with Gasteiger partial charge in [0, 0.05) is 36.4 Å². The van der Waals surface area contributed by atoms with Gasteiger partial charge in [-0.25, -0.2) is 14.4 Å². The van der Waals surface area contributed by atoms with E-state index in [1.807, 2.05) is 11.0 Å². The van der Waals surface area contributed by atoms with Crippen molar-refractivity contribution in [1.29, 1.82) is 0 Å². The first-order valence-electron chi connectivity index (χ1n) is 11.1. The first kappa shape index (κ1) is 22.4. The summed E-state index contributed by atoms with van der Waals surface area (Å²) in [6.07, 6.45) is 6.12. The van der Waals surface area contributed by atoms with Gasteiger partial charge in [-0.15, -0.1) is 0 Å². The number of piperidine rings is 1. The molecular weight excluding hydrogens is 459 g/mol. The molecule has 0 radical (unpaired) electrons. The molecule has 3 atom stereocenters. The normalized spacial score (nSPS) is 21.4. The Bertz CT molecular complexity index is 1260. The maximum absolute atomic E-state index is 14.5. The molecule has 176 valence electrons. The Morgan fingerprint density at radius 2 is 2.00 bits per heavy atom. The summed E-state index contributed by atoms with van der Waals surface area (Å²) < 4.78 is 26.5. The number of hydrogen-bond acceptors (Lipinski definition) is 6. The number of ether oxygens (including phenoxy) is 2. The van der Waals surface area contributed by atoms with Crippen LogP contribution in [0.4, 0.5) is 15.9 Å². The monoisotopic (exact) mass is 482 g/mol. The number of halogens is 2. The molecule has 0 aliphatic carbocycles. The highest BCUT2D eigenvalue weighted by Crippen LogP contribution is 2.41. The van der Waals surface area contributed by atoms with E-state index >= 15 is 0 Å². The maximum atomic E-state index is 14.5. The van der Waals surface area contributed by atoms with Gasteiger partial charge in [0.25, 0.3) is 0 Å². The van der Waals surface area contributed by atoms with Crippen molar-refractivity contribution in [2.24, 2.45) is 0 Å². The molecule has 1 unspecified atom stereocenters. The third-order valence-electron chi connectivity index (χ3n) is 6.54. The Morgan fingerprint density at radius 1 is 1.24 bits per heavy atom. The van der Waals surface area contributed by atoms with Crippen molar-refractivity contribution in [1.82, 2.24) is 14.9 Å².